The summed E-state index contributed by atoms with van der Waals surface area (Å²) in [6.45, 7) is 2.36. The van der Waals surface area contributed by atoms with Crippen molar-refractivity contribution >= 4 is 5.91 Å². The third-order valence-electron chi connectivity index (χ3n) is 5.43. The fourth-order valence-corrected chi connectivity index (χ4v) is 3.88. The van der Waals surface area contributed by atoms with Gasteiger partial charge in [-0.15, -0.1) is 0 Å². The Balaban J connectivity index is 1.27. The number of aromatic amines is 1. The maximum atomic E-state index is 12.5. The van der Waals surface area contributed by atoms with Crippen LogP contribution in [0.25, 0.3) is 0 Å². The van der Waals surface area contributed by atoms with Crippen LogP contribution in [0.15, 0.2) is 49.2 Å². The number of carbonyl (C=O) groups excluding carboxylic acids is 1. The molecule has 28 heavy (non-hydrogen) atoms. The Labute approximate surface area is 164 Å². The Hall–Kier alpha value is -2.96. The molecular weight excluding hydrogens is 352 g/mol. The molecule has 7 nitrogen and oxygen atoms in total. The SMILES string of the molecule is O=C(CCCc1cn[nH]c1)N1CCC(c2nccn2Cc2ccccn2)CC1. The minimum atomic E-state index is 0.263. The second kappa shape index (κ2) is 8.82. The van der Waals surface area contributed by atoms with Crippen LogP contribution in [0.2, 0.25) is 0 Å². The first kappa shape index (κ1) is 18.4. The van der Waals surface area contributed by atoms with Gasteiger partial charge in [0, 0.05) is 50.2 Å². The highest BCUT2D eigenvalue weighted by atomic mass is 16.2. The van der Waals surface area contributed by atoms with Gasteiger partial charge in [0.05, 0.1) is 18.4 Å². The number of carbonyl (C=O) groups is 1. The van der Waals surface area contributed by atoms with Crippen molar-refractivity contribution in [3.05, 3.63) is 66.3 Å². The van der Waals surface area contributed by atoms with Crippen molar-refractivity contribution in [2.45, 2.75) is 44.6 Å². The monoisotopic (exact) mass is 378 g/mol. The molecule has 1 aliphatic rings. The van der Waals surface area contributed by atoms with Crippen LogP contribution < -0.4 is 0 Å². The van der Waals surface area contributed by atoms with Crippen molar-refractivity contribution in [2.75, 3.05) is 13.1 Å². The first-order valence-corrected chi connectivity index (χ1v) is 9.96. The summed E-state index contributed by atoms with van der Waals surface area (Å²) < 4.78 is 2.19. The quantitative estimate of drug-likeness (QED) is 0.686. The first-order valence-electron chi connectivity index (χ1n) is 9.96. The van der Waals surface area contributed by atoms with Crippen LogP contribution in [-0.4, -0.2) is 48.6 Å². The lowest BCUT2D eigenvalue weighted by molar-refractivity contribution is -0.132. The molecule has 3 aromatic heterocycles. The predicted molar refractivity (Wildman–Crippen MR) is 106 cm³/mol. The smallest absolute Gasteiger partial charge is 0.222 e. The summed E-state index contributed by atoms with van der Waals surface area (Å²) in [5, 5.41) is 6.76. The molecule has 1 N–H and O–H groups in total. The van der Waals surface area contributed by atoms with E-state index in [-0.39, 0.29) is 5.91 Å². The number of aryl methyl sites for hydroxylation is 1. The lowest BCUT2D eigenvalue weighted by Gasteiger charge is -2.32. The normalized spacial score (nSPS) is 15.1. The molecule has 0 bridgehead atoms. The summed E-state index contributed by atoms with van der Waals surface area (Å²) in [6.07, 6.45) is 13.7. The predicted octanol–water partition coefficient (Wildman–Crippen LogP) is 2.78. The van der Waals surface area contributed by atoms with E-state index in [1.165, 1.54) is 0 Å². The van der Waals surface area contributed by atoms with E-state index < -0.39 is 0 Å². The van der Waals surface area contributed by atoms with Crippen molar-refractivity contribution in [1.29, 1.82) is 0 Å². The summed E-state index contributed by atoms with van der Waals surface area (Å²) >= 11 is 0. The van der Waals surface area contributed by atoms with E-state index in [4.69, 9.17) is 0 Å². The lowest BCUT2D eigenvalue weighted by atomic mass is 9.95. The van der Waals surface area contributed by atoms with Gasteiger partial charge >= 0.3 is 0 Å². The van der Waals surface area contributed by atoms with E-state index in [9.17, 15) is 4.79 Å². The Bertz CT molecular complexity index is 865. The van der Waals surface area contributed by atoms with Gasteiger partial charge in [-0.2, -0.15) is 5.10 Å². The lowest BCUT2D eigenvalue weighted by Crippen LogP contribution is -2.38. The van der Waals surface area contributed by atoms with Gasteiger partial charge in [-0.3, -0.25) is 14.9 Å². The minimum absolute atomic E-state index is 0.263. The van der Waals surface area contributed by atoms with E-state index in [0.717, 1.165) is 62.4 Å². The highest BCUT2D eigenvalue weighted by molar-refractivity contribution is 5.76. The van der Waals surface area contributed by atoms with Crippen molar-refractivity contribution in [2.24, 2.45) is 0 Å². The molecule has 0 unspecified atom stereocenters. The molecule has 146 valence electrons. The number of piperidine rings is 1. The molecule has 0 spiro atoms. The molecule has 1 saturated heterocycles. The van der Waals surface area contributed by atoms with Gasteiger partial charge in [-0.1, -0.05) is 6.07 Å². The molecule has 0 saturated carbocycles. The zero-order valence-electron chi connectivity index (χ0n) is 16.0. The maximum absolute atomic E-state index is 12.5. The zero-order valence-corrected chi connectivity index (χ0v) is 16.0. The number of amides is 1. The van der Waals surface area contributed by atoms with Gasteiger partial charge in [0.25, 0.3) is 0 Å². The zero-order chi connectivity index (χ0) is 19.2. The van der Waals surface area contributed by atoms with Crippen LogP contribution in [0.5, 0.6) is 0 Å². The molecule has 1 fully saturated rings. The fraction of sp³-hybridized carbons (Fsp3) is 0.429. The average molecular weight is 378 g/mol. The molecule has 0 aromatic carbocycles. The van der Waals surface area contributed by atoms with E-state index in [0.29, 0.717) is 12.3 Å². The number of aromatic nitrogens is 5. The fourth-order valence-electron chi connectivity index (χ4n) is 3.88. The van der Waals surface area contributed by atoms with E-state index in [2.05, 4.69) is 24.7 Å². The topological polar surface area (TPSA) is 79.7 Å². The molecule has 4 rings (SSSR count). The minimum Gasteiger partial charge on any atom is -0.343 e. The number of nitrogens with one attached hydrogen (secondary N) is 1. The molecule has 0 atom stereocenters. The molecule has 4 heterocycles. The Morgan fingerprint density at radius 2 is 2.07 bits per heavy atom. The van der Waals surface area contributed by atoms with Gasteiger partial charge in [0.2, 0.25) is 5.91 Å². The number of H-pyrrole nitrogens is 1. The number of hydrogen-bond donors (Lipinski definition) is 1. The Kier molecular flexibility index (Phi) is 5.80. The molecule has 1 amide bonds. The van der Waals surface area contributed by atoms with Crippen molar-refractivity contribution in [1.82, 2.24) is 29.6 Å². The summed E-state index contributed by atoms with van der Waals surface area (Å²) in [6, 6.07) is 5.98. The number of likely N-dealkylation sites (tertiary alicyclic amines) is 1. The molecule has 3 aromatic rings. The standard InChI is InChI=1S/C21H26N6O/c28-20(6-3-4-17-14-24-25-15-17)26-11-7-18(8-12-26)21-23-10-13-27(21)16-19-5-1-2-9-22-19/h1-2,5,9-10,13-15,18H,3-4,6-8,11-12,16H2,(H,24,25). The summed E-state index contributed by atoms with van der Waals surface area (Å²) in [5.41, 5.74) is 2.19. The molecule has 1 aliphatic heterocycles. The second-order valence-electron chi connectivity index (χ2n) is 7.35. The molecule has 7 heteroatoms. The van der Waals surface area contributed by atoms with Gasteiger partial charge in [-0.05, 0) is 43.4 Å². The number of imidazole rings is 1. The molecular formula is C21H26N6O. The Morgan fingerprint density at radius 1 is 1.18 bits per heavy atom. The van der Waals surface area contributed by atoms with E-state index in [1.54, 1.807) is 0 Å². The van der Waals surface area contributed by atoms with Crippen LogP contribution >= 0.6 is 0 Å². The second-order valence-corrected chi connectivity index (χ2v) is 7.35. The molecule has 0 radical (unpaired) electrons. The number of nitrogens with zero attached hydrogens (tertiary/aromatic N) is 5. The van der Waals surface area contributed by atoms with Crippen molar-refractivity contribution < 1.29 is 4.79 Å². The van der Waals surface area contributed by atoms with Gasteiger partial charge in [0.1, 0.15) is 5.82 Å². The summed E-state index contributed by atoms with van der Waals surface area (Å²) in [4.78, 5) is 23.5. The highest BCUT2D eigenvalue weighted by Crippen LogP contribution is 2.27. The van der Waals surface area contributed by atoms with Gasteiger partial charge < -0.3 is 9.47 Å². The van der Waals surface area contributed by atoms with Crippen LogP contribution in [0.4, 0.5) is 0 Å². The first-order chi connectivity index (χ1) is 13.8. The number of hydrogen-bond acceptors (Lipinski definition) is 4. The van der Waals surface area contributed by atoms with Gasteiger partial charge in [-0.25, -0.2) is 4.98 Å². The van der Waals surface area contributed by atoms with E-state index >= 15 is 0 Å². The Morgan fingerprint density at radius 3 is 2.82 bits per heavy atom. The van der Waals surface area contributed by atoms with Crippen LogP contribution in [0.1, 0.15) is 48.7 Å². The van der Waals surface area contributed by atoms with Crippen molar-refractivity contribution in [3.8, 4) is 0 Å². The number of rotatable bonds is 7. The number of pyridine rings is 1. The summed E-state index contributed by atoms with van der Waals surface area (Å²) in [7, 11) is 0. The van der Waals surface area contributed by atoms with Crippen LogP contribution in [-0.2, 0) is 17.8 Å². The third-order valence-corrected chi connectivity index (χ3v) is 5.43. The average Bonchev–Trinajstić information content (AvgIpc) is 3.41. The van der Waals surface area contributed by atoms with Crippen LogP contribution in [0, 0.1) is 0 Å². The highest BCUT2D eigenvalue weighted by Gasteiger charge is 2.26. The molecule has 0 aliphatic carbocycles. The van der Waals surface area contributed by atoms with E-state index in [1.807, 2.05) is 54.1 Å². The van der Waals surface area contributed by atoms with Crippen molar-refractivity contribution in [3.63, 3.8) is 0 Å². The summed E-state index contributed by atoms with van der Waals surface area (Å²) in [5.74, 6) is 1.77. The maximum Gasteiger partial charge on any atom is 0.222 e. The van der Waals surface area contributed by atoms with Gasteiger partial charge in [0.15, 0.2) is 0 Å². The largest absolute Gasteiger partial charge is 0.343 e. The van der Waals surface area contributed by atoms with Crippen LogP contribution in [0.3, 0.4) is 0 Å². The third kappa shape index (κ3) is 4.47.